The second-order valence-electron chi connectivity index (χ2n) is 7.71. The van der Waals surface area contributed by atoms with Crippen molar-refractivity contribution in [2.24, 2.45) is 5.16 Å². The van der Waals surface area contributed by atoms with Crippen LogP contribution >= 0.6 is 23.3 Å². The van der Waals surface area contributed by atoms with Crippen molar-refractivity contribution in [3.05, 3.63) is 47.7 Å². The molecule has 16 heteroatoms. The molecule has 3 N–H and O–H groups in total. The van der Waals surface area contributed by atoms with Crippen LogP contribution in [-0.4, -0.2) is 74.1 Å². The summed E-state index contributed by atoms with van der Waals surface area (Å²) in [6.45, 7) is 1.73. The number of ether oxygens (including phenoxy) is 1. The van der Waals surface area contributed by atoms with Gasteiger partial charge in [0.15, 0.2) is 24.1 Å². The molecule has 4 heterocycles. The highest BCUT2D eigenvalue weighted by molar-refractivity contribution is 8.00. The summed E-state index contributed by atoms with van der Waals surface area (Å²) >= 11 is 2.31. The van der Waals surface area contributed by atoms with Crippen molar-refractivity contribution in [2.45, 2.75) is 24.9 Å². The highest BCUT2D eigenvalue weighted by atomic mass is 32.2. The van der Waals surface area contributed by atoms with Crippen LogP contribution in [0.4, 0.5) is 5.13 Å². The first kappa shape index (κ1) is 26.0. The molecule has 0 aliphatic carbocycles. The van der Waals surface area contributed by atoms with Crippen molar-refractivity contribution in [3.8, 4) is 0 Å². The zero-order valence-corrected chi connectivity index (χ0v) is 21.0. The number of thioether (sulfide) groups is 1. The van der Waals surface area contributed by atoms with Gasteiger partial charge in [-0.3, -0.25) is 9.59 Å². The van der Waals surface area contributed by atoms with E-state index in [1.54, 1.807) is 30.1 Å². The lowest BCUT2D eigenvalue weighted by molar-refractivity contribution is -0.689. The van der Waals surface area contributed by atoms with Crippen molar-refractivity contribution in [3.63, 3.8) is 0 Å². The van der Waals surface area contributed by atoms with Gasteiger partial charge < -0.3 is 35.4 Å². The van der Waals surface area contributed by atoms with Crippen molar-refractivity contribution in [1.29, 1.82) is 0 Å². The predicted molar refractivity (Wildman–Crippen MR) is 128 cm³/mol. The number of β-lactam (4-membered cyclic amide) rings is 1. The molecule has 1 unspecified atom stereocenters. The third-order valence-corrected chi connectivity index (χ3v) is 7.07. The van der Waals surface area contributed by atoms with Crippen molar-refractivity contribution >= 4 is 57.9 Å². The number of esters is 1. The number of nitrogens with one attached hydrogen (secondary N) is 1. The number of nitrogen functional groups attached to an aromatic ring is 1. The molecule has 2 aliphatic rings. The van der Waals surface area contributed by atoms with Gasteiger partial charge in [-0.05, 0) is 6.92 Å². The number of carboxylic acid groups (broad SMARTS) is 1. The molecule has 37 heavy (non-hydrogen) atoms. The predicted octanol–water partition coefficient (Wildman–Crippen LogP) is -1.96. The van der Waals surface area contributed by atoms with Crippen LogP contribution in [0.5, 0.6) is 0 Å². The van der Waals surface area contributed by atoms with Crippen LogP contribution in [0.1, 0.15) is 23.1 Å². The number of aromatic carboxylic acids is 1. The van der Waals surface area contributed by atoms with Gasteiger partial charge in [-0.2, -0.15) is 9.36 Å². The van der Waals surface area contributed by atoms with Gasteiger partial charge in [0.05, 0.1) is 12.6 Å². The molecule has 0 saturated carbocycles. The number of amides is 2. The fraction of sp³-hybridized carbons (Fsp3) is 0.333. The second kappa shape index (κ2) is 11.3. The molecule has 2 amide bonds. The van der Waals surface area contributed by atoms with E-state index in [2.05, 4.69) is 19.8 Å². The first-order valence-corrected chi connectivity index (χ1v) is 12.7. The molecule has 2 aliphatic heterocycles. The van der Waals surface area contributed by atoms with Gasteiger partial charge in [-0.25, -0.2) is 9.36 Å². The quantitative estimate of drug-likeness (QED) is 0.110. The molecule has 1 fully saturated rings. The molecule has 2 aromatic rings. The number of nitrogens with zero attached hydrogens (tertiary/aromatic N) is 5. The van der Waals surface area contributed by atoms with E-state index in [-0.39, 0.29) is 40.1 Å². The van der Waals surface area contributed by atoms with Gasteiger partial charge in [0.25, 0.3) is 11.8 Å². The highest BCUT2D eigenvalue weighted by Crippen LogP contribution is 2.36. The van der Waals surface area contributed by atoms with Crippen molar-refractivity contribution in [1.82, 2.24) is 19.6 Å². The lowest BCUT2D eigenvalue weighted by Crippen LogP contribution is -2.69. The maximum Gasteiger partial charge on any atom is 0.347 e. The van der Waals surface area contributed by atoms with Gasteiger partial charge in [0.1, 0.15) is 11.4 Å². The van der Waals surface area contributed by atoms with E-state index < -0.39 is 30.5 Å². The average Bonchev–Trinajstić information content (AvgIpc) is 3.31. The molecule has 2 atom stereocenters. The Morgan fingerprint density at radius 2 is 2.11 bits per heavy atom. The molecule has 1 saturated heterocycles. The SMILES string of the molecule is CCOC(=O)CON=C(C(=O)NC1C(=O)N2C=C(C[n+]3ccc(C(=O)[O-])cc3)CS[C@H]12)c1nsc(N)n1. The highest BCUT2D eigenvalue weighted by Gasteiger charge is 2.50. The van der Waals surface area contributed by atoms with Crippen LogP contribution in [0.15, 0.2) is 41.5 Å². The van der Waals surface area contributed by atoms with E-state index in [9.17, 15) is 24.3 Å². The fourth-order valence-electron chi connectivity index (χ4n) is 3.46. The summed E-state index contributed by atoms with van der Waals surface area (Å²) in [4.78, 5) is 58.5. The van der Waals surface area contributed by atoms with Crippen LogP contribution in [0.25, 0.3) is 0 Å². The summed E-state index contributed by atoms with van der Waals surface area (Å²) in [7, 11) is 0. The first-order valence-electron chi connectivity index (χ1n) is 10.9. The topological polar surface area (TPSA) is 193 Å². The van der Waals surface area contributed by atoms with Crippen molar-refractivity contribution in [2.75, 3.05) is 24.7 Å². The van der Waals surface area contributed by atoms with Crippen LogP contribution in [0.3, 0.4) is 0 Å². The molecule has 14 nitrogen and oxygen atoms in total. The number of carboxylic acids is 1. The number of oxime groups is 1. The van der Waals surface area contributed by atoms with E-state index in [4.69, 9.17) is 15.3 Å². The Bertz CT molecular complexity index is 1280. The standard InChI is InChI=1S/C21H21N7O7S2/c1-2-34-13(29)9-35-25-14(16-24-21(22)37-26-16)17(30)23-15-18(31)28-8-11(10-36-19(15)28)7-27-5-3-12(4-6-27)20(32)33/h3-6,8,15,19H,2,7,9-10H2,1H3,(H3-,22,23,24,26,30,32,33)/t15?,19-/m1/s1. The lowest BCUT2D eigenvalue weighted by Gasteiger charge is -2.47. The third kappa shape index (κ3) is 6.03. The van der Waals surface area contributed by atoms with Gasteiger partial charge in [0, 0.05) is 46.8 Å². The Kier molecular flexibility index (Phi) is 7.98. The fourth-order valence-corrected chi connectivity index (χ4v) is 5.14. The summed E-state index contributed by atoms with van der Waals surface area (Å²) in [6, 6.07) is 2.06. The number of pyridine rings is 1. The molecular formula is C21H21N7O7S2. The van der Waals surface area contributed by atoms with E-state index in [1.807, 2.05) is 0 Å². The average molecular weight is 548 g/mol. The van der Waals surface area contributed by atoms with Crippen LogP contribution < -0.4 is 20.7 Å². The van der Waals surface area contributed by atoms with E-state index in [0.29, 0.717) is 12.3 Å². The van der Waals surface area contributed by atoms with Crippen LogP contribution in [0.2, 0.25) is 0 Å². The van der Waals surface area contributed by atoms with Gasteiger partial charge in [-0.15, -0.1) is 11.8 Å². The Labute approximate surface area is 218 Å². The number of carbonyl (C=O) groups is 4. The molecule has 194 valence electrons. The Hall–Kier alpha value is -4.05. The van der Waals surface area contributed by atoms with Gasteiger partial charge in [0.2, 0.25) is 18.1 Å². The number of anilines is 1. The summed E-state index contributed by atoms with van der Waals surface area (Å²) < 4.78 is 10.5. The van der Waals surface area contributed by atoms with Crippen molar-refractivity contribution < 1.29 is 38.4 Å². The number of nitrogens with two attached hydrogens (primary N) is 1. The Balaban J connectivity index is 1.40. The lowest BCUT2D eigenvalue weighted by atomic mass is 10.1. The smallest absolute Gasteiger partial charge is 0.347 e. The number of carbonyl (C=O) groups excluding carboxylic acids is 4. The van der Waals surface area contributed by atoms with Crippen LogP contribution in [0, 0.1) is 0 Å². The van der Waals surface area contributed by atoms with E-state index in [1.165, 1.54) is 28.8 Å². The monoisotopic (exact) mass is 547 g/mol. The summed E-state index contributed by atoms with van der Waals surface area (Å²) in [5.41, 5.74) is 6.28. The number of aromatic nitrogens is 3. The molecular weight excluding hydrogens is 526 g/mol. The molecule has 4 rings (SSSR count). The molecule has 0 spiro atoms. The van der Waals surface area contributed by atoms with Crippen LogP contribution in [-0.2, 0) is 30.5 Å². The maximum absolute atomic E-state index is 13.0. The Morgan fingerprint density at radius 3 is 2.76 bits per heavy atom. The maximum atomic E-state index is 13.0. The largest absolute Gasteiger partial charge is 0.545 e. The number of hydrogen-bond donors (Lipinski definition) is 2. The van der Waals surface area contributed by atoms with E-state index >= 15 is 0 Å². The molecule has 2 aromatic heterocycles. The number of rotatable bonds is 10. The molecule has 0 aromatic carbocycles. The summed E-state index contributed by atoms with van der Waals surface area (Å²) in [6.07, 6.45) is 4.97. The van der Waals surface area contributed by atoms with Gasteiger partial charge >= 0.3 is 5.97 Å². The summed E-state index contributed by atoms with van der Waals surface area (Å²) in [5.74, 6) is -2.53. The second-order valence-corrected chi connectivity index (χ2v) is 9.60. The molecule has 0 bridgehead atoms. The Morgan fingerprint density at radius 1 is 1.35 bits per heavy atom. The minimum absolute atomic E-state index is 0.0737. The molecule has 0 radical (unpaired) electrons. The van der Waals surface area contributed by atoms with E-state index in [0.717, 1.165) is 17.1 Å². The minimum atomic E-state index is -1.26. The zero-order chi connectivity index (χ0) is 26.5. The zero-order valence-electron chi connectivity index (χ0n) is 19.4. The summed E-state index contributed by atoms with van der Waals surface area (Å²) in [5, 5.41) is 17.0. The number of hydrogen-bond acceptors (Lipinski definition) is 13. The number of fused-ring (bicyclic) bond motifs is 1. The first-order chi connectivity index (χ1) is 17.8. The normalized spacial score (nSPS) is 18.8. The minimum Gasteiger partial charge on any atom is -0.545 e. The van der Waals surface area contributed by atoms with Gasteiger partial charge in [-0.1, -0.05) is 5.16 Å². The third-order valence-electron chi connectivity index (χ3n) is 5.15.